The Morgan fingerprint density at radius 1 is 1.19 bits per heavy atom. The average molecular weight is 306 g/mol. The van der Waals surface area contributed by atoms with Crippen molar-refractivity contribution in [2.45, 2.75) is 13.5 Å². The van der Waals surface area contributed by atoms with Crippen LogP contribution in [-0.2, 0) is 11.3 Å². The first-order valence-electron chi connectivity index (χ1n) is 6.86. The summed E-state index contributed by atoms with van der Waals surface area (Å²) in [5.41, 5.74) is 0.971. The fourth-order valence-corrected chi connectivity index (χ4v) is 2.98. The number of methoxy groups -OCH3 is 1. The SMILES string of the molecule is COCc1nc(C)cc(N2CCN(c3ncns3)CC2)n1. The first-order valence-corrected chi connectivity index (χ1v) is 7.63. The molecule has 8 heteroatoms. The molecule has 1 saturated heterocycles. The van der Waals surface area contributed by atoms with E-state index in [-0.39, 0.29) is 0 Å². The molecule has 1 aliphatic rings. The van der Waals surface area contributed by atoms with Crippen molar-refractivity contribution in [1.82, 2.24) is 19.3 Å². The van der Waals surface area contributed by atoms with E-state index < -0.39 is 0 Å². The molecule has 7 nitrogen and oxygen atoms in total. The second-order valence-electron chi connectivity index (χ2n) is 4.91. The van der Waals surface area contributed by atoms with Gasteiger partial charge in [-0.2, -0.15) is 4.37 Å². The highest BCUT2D eigenvalue weighted by atomic mass is 32.1. The Labute approximate surface area is 127 Å². The summed E-state index contributed by atoms with van der Waals surface area (Å²) >= 11 is 1.44. The molecule has 3 heterocycles. The minimum absolute atomic E-state index is 0.444. The number of aromatic nitrogens is 4. The summed E-state index contributed by atoms with van der Waals surface area (Å²) in [5.74, 6) is 1.71. The summed E-state index contributed by atoms with van der Waals surface area (Å²) in [6.45, 7) is 6.13. The van der Waals surface area contributed by atoms with Crippen LogP contribution < -0.4 is 9.80 Å². The highest BCUT2D eigenvalue weighted by Crippen LogP contribution is 2.20. The highest BCUT2D eigenvalue weighted by molar-refractivity contribution is 7.09. The molecular formula is C13H18N6OS. The molecule has 2 aromatic heterocycles. The molecule has 0 saturated carbocycles. The van der Waals surface area contributed by atoms with Crippen LogP contribution in [-0.4, -0.2) is 52.6 Å². The Kier molecular flexibility index (Phi) is 4.26. The summed E-state index contributed by atoms with van der Waals surface area (Å²) in [6.07, 6.45) is 1.61. The molecule has 0 aromatic carbocycles. The van der Waals surface area contributed by atoms with Gasteiger partial charge in [-0.15, -0.1) is 0 Å². The summed E-state index contributed by atoms with van der Waals surface area (Å²) in [6, 6.07) is 2.03. The molecule has 0 unspecified atom stereocenters. The van der Waals surface area contributed by atoms with E-state index in [9.17, 15) is 0 Å². The molecule has 0 amide bonds. The topological polar surface area (TPSA) is 67.3 Å². The summed E-state index contributed by atoms with van der Waals surface area (Å²) < 4.78 is 9.18. The van der Waals surface area contributed by atoms with Crippen LogP contribution in [0.25, 0.3) is 0 Å². The molecule has 2 aromatic rings. The normalized spacial score (nSPS) is 15.5. The van der Waals surface area contributed by atoms with Gasteiger partial charge in [0.05, 0.1) is 0 Å². The van der Waals surface area contributed by atoms with E-state index in [1.165, 1.54) is 11.5 Å². The number of nitrogens with zero attached hydrogens (tertiary/aromatic N) is 6. The monoisotopic (exact) mass is 306 g/mol. The van der Waals surface area contributed by atoms with E-state index >= 15 is 0 Å². The second-order valence-corrected chi connectivity index (χ2v) is 5.67. The predicted molar refractivity (Wildman–Crippen MR) is 81.8 cm³/mol. The van der Waals surface area contributed by atoms with E-state index in [2.05, 4.69) is 29.1 Å². The highest BCUT2D eigenvalue weighted by Gasteiger charge is 2.20. The predicted octanol–water partition coefficient (Wildman–Crippen LogP) is 1.11. The van der Waals surface area contributed by atoms with Crippen LogP contribution in [0.3, 0.4) is 0 Å². The van der Waals surface area contributed by atoms with Gasteiger partial charge in [-0.25, -0.2) is 15.0 Å². The van der Waals surface area contributed by atoms with Crippen molar-refractivity contribution >= 4 is 22.5 Å². The lowest BCUT2D eigenvalue weighted by Gasteiger charge is -2.35. The third-order valence-corrected chi connectivity index (χ3v) is 4.11. The van der Waals surface area contributed by atoms with Gasteiger partial charge in [-0.05, 0) is 6.92 Å². The zero-order valence-electron chi connectivity index (χ0n) is 12.2. The molecule has 0 atom stereocenters. The van der Waals surface area contributed by atoms with Crippen LogP contribution in [0, 0.1) is 6.92 Å². The molecule has 0 aliphatic carbocycles. The molecule has 1 aliphatic heterocycles. The first-order chi connectivity index (χ1) is 10.3. The van der Waals surface area contributed by atoms with Gasteiger partial charge in [0.25, 0.3) is 0 Å². The van der Waals surface area contributed by atoms with Crippen molar-refractivity contribution < 1.29 is 4.74 Å². The molecule has 0 radical (unpaired) electrons. The van der Waals surface area contributed by atoms with Crippen molar-refractivity contribution in [2.75, 3.05) is 43.1 Å². The minimum Gasteiger partial charge on any atom is -0.377 e. The lowest BCUT2D eigenvalue weighted by molar-refractivity contribution is 0.177. The van der Waals surface area contributed by atoms with Crippen molar-refractivity contribution in [3.8, 4) is 0 Å². The van der Waals surface area contributed by atoms with Gasteiger partial charge < -0.3 is 14.5 Å². The lowest BCUT2D eigenvalue weighted by atomic mass is 10.3. The number of piperazine rings is 1. The largest absolute Gasteiger partial charge is 0.377 e. The van der Waals surface area contributed by atoms with Gasteiger partial charge in [-0.1, -0.05) is 0 Å². The Morgan fingerprint density at radius 3 is 2.62 bits per heavy atom. The van der Waals surface area contributed by atoms with Crippen LogP contribution in [0.4, 0.5) is 10.9 Å². The number of hydrogen-bond acceptors (Lipinski definition) is 8. The maximum atomic E-state index is 5.13. The van der Waals surface area contributed by atoms with E-state index in [0.29, 0.717) is 6.61 Å². The first kappa shape index (κ1) is 14.2. The molecule has 1 fully saturated rings. The Morgan fingerprint density at radius 2 is 1.95 bits per heavy atom. The molecule has 3 rings (SSSR count). The van der Waals surface area contributed by atoms with Gasteiger partial charge in [-0.3, -0.25) is 0 Å². The summed E-state index contributed by atoms with van der Waals surface area (Å²) in [5, 5.41) is 0.994. The van der Waals surface area contributed by atoms with Gasteiger partial charge in [0.1, 0.15) is 18.8 Å². The van der Waals surface area contributed by atoms with Crippen LogP contribution in [0.1, 0.15) is 11.5 Å². The number of hydrogen-bond donors (Lipinski definition) is 0. The molecule has 0 spiro atoms. The zero-order valence-corrected chi connectivity index (χ0v) is 13.0. The lowest BCUT2D eigenvalue weighted by Crippen LogP contribution is -2.47. The van der Waals surface area contributed by atoms with Crippen LogP contribution in [0.2, 0.25) is 0 Å². The Hall–Kier alpha value is -1.80. The average Bonchev–Trinajstić information content (AvgIpc) is 3.01. The van der Waals surface area contributed by atoms with E-state index in [1.54, 1.807) is 13.4 Å². The zero-order chi connectivity index (χ0) is 14.7. The quantitative estimate of drug-likeness (QED) is 0.838. The number of anilines is 2. The van der Waals surface area contributed by atoms with E-state index in [1.807, 2.05) is 13.0 Å². The van der Waals surface area contributed by atoms with Gasteiger partial charge in [0.2, 0.25) is 5.13 Å². The van der Waals surface area contributed by atoms with Gasteiger partial charge >= 0.3 is 0 Å². The van der Waals surface area contributed by atoms with Crippen molar-refractivity contribution in [3.05, 3.63) is 23.9 Å². The maximum absolute atomic E-state index is 5.13. The molecular weight excluding hydrogens is 288 g/mol. The third kappa shape index (κ3) is 3.27. The molecule has 0 N–H and O–H groups in total. The van der Waals surface area contributed by atoms with Crippen molar-refractivity contribution in [3.63, 3.8) is 0 Å². The molecule has 21 heavy (non-hydrogen) atoms. The maximum Gasteiger partial charge on any atom is 0.205 e. The van der Waals surface area contributed by atoms with E-state index in [0.717, 1.165) is 48.6 Å². The fraction of sp³-hybridized carbons (Fsp3) is 0.538. The van der Waals surface area contributed by atoms with Gasteiger partial charge in [0.15, 0.2) is 5.82 Å². The second kappa shape index (κ2) is 6.31. The van der Waals surface area contributed by atoms with Crippen LogP contribution in [0.15, 0.2) is 12.4 Å². The minimum atomic E-state index is 0.444. The van der Waals surface area contributed by atoms with Gasteiger partial charge in [0, 0.05) is 56.6 Å². The summed E-state index contributed by atoms with van der Waals surface area (Å²) in [4.78, 5) is 17.8. The number of rotatable bonds is 4. The Balaban J connectivity index is 1.69. The van der Waals surface area contributed by atoms with E-state index in [4.69, 9.17) is 4.74 Å². The molecule has 0 bridgehead atoms. The van der Waals surface area contributed by atoms with Crippen molar-refractivity contribution in [1.29, 1.82) is 0 Å². The third-order valence-electron chi connectivity index (χ3n) is 3.38. The molecule has 112 valence electrons. The number of aryl methyl sites for hydroxylation is 1. The smallest absolute Gasteiger partial charge is 0.205 e. The standard InChI is InChI=1S/C13H18N6OS/c1-10-7-12(17-11(16-10)8-20-2)18-3-5-19(6-4-18)13-14-9-15-21-13/h7,9H,3-6,8H2,1-2H3. The Bertz CT molecular complexity index is 582. The van der Waals surface area contributed by atoms with Crippen LogP contribution >= 0.6 is 11.5 Å². The number of ether oxygens (including phenoxy) is 1. The van der Waals surface area contributed by atoms with Crippen molar-refractivity contribution in [2.24, 2.45) is 0 Å². The summed E-state index contributed by atoms with van der Waals surface area (Å²) in [7, 11) is 1.66. The fourth-order valence-electron chi connectivity index (χ4n) is 2.40. The van der Waals surface area contributed by atoms with Crippen LogP contribution in [0.5, 0.6) is 0 Å².